The zero-order valence-electron chi connectivity index (χ0n) is 8.40. The number of carbonyl (C=O) groups is 1. The maximum Gasteiger partial charge on any atom is 0.267 e. The van der Waals surface area contributed by atoms with Crippen LogP contribution < -0.4 is 0 Å². The average Bonchev–Trinajstić information content (AvgIpc) is 2.58. The molecule has 0 aromatic heterocycles. The second-order valence-electron chi connectivity index (χ2n) is 3.61. The van der Waals surface area contributed by atoms with Gasteiger partial charge in [0.05, 0.1) is 5.71 Å². The van der Waals surface area contributed by atoms with E-state index in [9.17, 15) is 9.18 Å². The predicted octanol–water partition coefficient (Wildman–Crippen LogP) is 2.05. The minimum absolute atomic E-state index is 0.247. The van der Waals surface area contributed by atoms with Gasteiger partial charge in [0.25, 0.3) is 5.91 Å². The molecule has 0 fully saturated rings. The van der Waals surface area contributed by atoms with E-state index in [1.165, 1.54) is 17.8 Å². The molecule has 0 spiro atoms. The highest BCUT2D eigenvalue weighted by Gasteiger charge is 2.38. The number of amidine groups is 1. The fourth-order valence-electron chi connectivity index (χ4n) is 1.86. The number of carbonyl (C=O) groups excluding carboxylic acids is 1. The number of halogens is 1. The number of thioether (sulfide) groups is 1. The number of amides is 1. The summed E-state index contributed by atoms with van der Waals surface area (Å²) in [6, 6.07) is 4.82. The van der Waals surface area contributed by atoms with Gasteiger partial charge in [-0.2, -0.15) is 4.99 Å². The molecule has 80 valence electrons. The lowest BCUT2D eigenvalue weighted by Crippen LogP contribution is -2.28. The molecule has 0 radical (unpaired) electrons. The Kier molecular flexibility index (Phi) is 1.97. The molecule has 1 aromatic rings. The minimum atomic E-state index is -0.462. The molecule has 0 N–H and O–H groups in total. The Hall–Kier alpha value is -1.49. The summed E-state index contributed by atoms with van der Waals surface area (Å²) in [5.41, 5.74) is 0.968. The van der Waals surface area contributed by atoms with E-state index < -0.39 is 5.25 Å². The Bertz CT molecular complexity index is 565. The molecule has 2 aliphatic rings. The van der Waals surface area contributed by atoms with E-state index in [1.807, 2.05) is 0 Å². The number of rotatable bonds is 0. The molecule has 0 saturated heterocycles. The summed E-state index contributed by atoms with van der Waals surface area (Å²) in [6.45, 7) is 1.64. The van der Waals surface area contributed by atoms with Crippen molar-refractivity contribution in [1.29, 1.82) is 0 Å². The topological polar surface area (TPSA) is 41.8 Å². The van der Waals surface area contributed by atoms with Crippen molar-refractivity contribution >= 4 is 29.2 Å². The summed E-state index contributed by atoms with van der Waals surface area (Å²) in [7, 11) is 0. The smallest absolute Gasteiger partial charge is 0.267 e. The van der Waals surface area contributed by atoms with Crippen molar-refractivity contribution in [2.24, 2.45) is 9.98 Å². The van der Waals surface area contributed by atoms with Gasteiger partial charge in [-0.3, -0.25) is 4.79 Å². The first-order chi connectivity index (χ1) is 7.66. The Balaban J connectivity index is 2.24. The third kappa shape index (κ3) is 1.24. The van der Waals surface area contributed by atoms with Gasteiger partial charge in [-0.1, -0.05) is 6.07 Å². The normalized spacial score (nSPS) is 22.4. The van der Waals surface area contributed by atoms with Gasteiger partial charge in [0.1, 0.15) is 16.9 Å². The van der Waals surface area contributed by atoms with Crippen molar-refractivity contribution in [2.45, 2.75) is 17.1 Å². The molecule has 2 aliphatic heterocycles. The van der Waals surface area contributed by atoms with Crippen LogP contribution in [0.5, 0.6) is 0 Å². The quantitative estimate of drug-likeness (QED) is 0.689. The van der Waals surface area contributed by atoms with Gasteiger partial charge in [-0.05, 0) is 19.1 Å². The molecule has 1 amide bonds. The van der Waals surface area contributed by atoms with Gasteiger partial charge >= 0.3 is 0 Å². The van der Waals surface area contributed by atoms with Gasteiger partial charge in [0.15, 0.2) is 0 Å². The summed E-state index contributed by atoms with van der Waals surface area (Å²) in [5, 5.41) is -0.462. The van der Waals surface area contributed by atoms with Crippen LogP contribution in [0.25, 0.3) is 0 Å². The molecule has 3 rings (SSSR count). The molecular weight excluding hydrogens is 227 g/mol. The second-order valence-corrected chi connectivity index (χ2v) is 4.75. The first-order valence-corrected chi connectivity index (χ1v) is 5.68. The van der Waals surface area contributed by atoms with Crippen molar-refractivity contribution in [3.63, 3.8) is 0 Å². The summed E-state index contributed by atoms with van der Waals surface area (Å²) >= 11 is 1.32. The fourth-order valence-corrected chi connectivity index (χ4v) is 3.03. The van der Waals surface area contributed by atoms with Gasteiger partial charge < -0.3 is 0 Å². The summed E-state index contributed by atoms with van der Waals surface area (Å²) in [5.74, 6) is -0.176. The third-order valence-corrected chi connectivity index (χ3v) is 3.76. The van der Waals surface area contributed by atoms with E-state index in [2.05, 4.69) is 9.98 Å². The molecular formula is C11H7FN2OS. The number of aliphatic imine (C=N–C) groups is 2. The Labute approximate surface area is 95.5 Å². The van der Waals surface area contributed by atoms with E-state index in [0.717, 1.165) is 4.90 Å². The number of hydrogen-bond acceptors (Lipinski definition) is 3. The van der Waals surface area contributed by atoms with Crippen LogP contribution >= 0.6 is 11.8 Å². The standard InChI is InChI=1S/C11H7FN2OS/c1-5-13-9-8-6(12)3-2-4-7(8)16-10(9)11(15)14-5/h2-4,10H,1H3. The highest BCUT2D eigenvalue weighted by atomic mass is 32.2. The summed E-state index contributed by atoms with van der Waals surface area (Å²) in [4.78, 5) is 20.4. The minimum Gasteiger partial charge on any atom is -0.271 e. The first kappa shape index (κ1) is 9.72. The zero-order chi connectivity index (χ0) is 11.3. The molecule has 1 unspecified atom stereocenters. The number of fused-ring (bicyclic) bond motifs is 3. The highest BCUT2D eigenvalue weighted by Crippen LogP contribution is 2.40. The predicted molar refractivity (Wildman–Crippen MR) is 60.7 cm³/mol. The van der Waals surface area contributed by atoms with Gasteiger partial charge in [0.2, 0.25) is 0 Å². The molecule has 2 heterocycles. The van der Waals surface area contributed by atoms with Crippen LogP contribution in [-0.2, 0) is 4.79 Å². The maximum absolute atomic E-state index is 13.7. The van der Waals surface area contributed by atoms with Gasteiger partial charge in [-0.25, -0.2) is 9.38 Å². The molecule has 0 bridgehead atoms. The van der Waals surface area contributed by atoms with Crippen LogP contribution in [-0.4, -0.2) is 22.7 Å². The van der Waals surface area contributed by atoms with Gasteiger partial charge in [-0.15, -0.1) is 11.8 Å². The summed E-state index contributed by atoms with van der Waals surface area (Å²) < 4.78 is 13.7. The molecule has 1 aromatic carbocycles. The highest BCUT2D eigenvalue weighted by molar-refractivity contribution is 8.02. The SMILES string of the molecule is CC1=NC(=O)C2Sc3cccc(F)c3C2=N1. The molecule has 0 saturated carbocycles. The lowest BCUT2D eigenvalue weighted by molar-refractivity contribution is -0.116. The van der Waals surface area contributed by atoms with E-state index in [1.54, 1.807) is 19.1 Å². The number of hydrogen-bond donors (Lipinski definition) is 0. The van der Waals surface area contributed by atoms with Crippen LogP contribution in [0.1, 0.15) is 12.5 Å². The monoisotopic (exact) mass is 234 g/mol. The van der Waals surface area contributed by atoms with Crippen LogP contribution in [0.3, 0.4) is 0 Å². The second kappa shape index (κ2) is 3.25. The average molecular weight is 234 g/mol. The largest absolute Gasteiger partial charge is 0.271 e. The van der Waals surface area contributed by atoms with Crippen LogP contribution in [0, 0.1) is 5.82 Å². The van der Waals surface area contributed by atoms with Crippen molar-refractivity contribution in [1.82, 2.24) is 0 Å². The van der Waals surface area contributed by atoms with Crippen molar-refractivity contribution in [2.75, 3.05) is 0 Å². The fraction of sp³-hybridized carbons (Fsp3) is 0.182. The Morgan fingerprint density at radius 2 is 2.19 bits per heavy atom. The van der Waals surface area contributed by atoms with Gasteiger partial charge in [0, 0.05) is 10.5 Å². The number of nitrogens with zero attached hydrogens (tertiary/aromatic N) is 2. The van der Waals surface area contributed by atoms with E-state index in [4.69, 9.17) is 0 Å². The number of benzene rings is 1. The maximum atomic E-state index is 13.7. The van der Waals surface area contributed by atoms with E-state index >= 15 is 0 Å². The zero-order valence-corrected chi connectivity index (χ0v) is 9.21. The van der Waals surface area contributed by atoms with Crippen molar-refractivity contribution in [3.8, 4) is 0 Å². The van der Waals surface area contributed by atoms with Crippen LogP contribution in [0.4, 0.5) is 4.39 Å². The van der Waals surface area contributed by atoms with Crippen LogP contribution in [0.2, 0.25) is 0 Å². The lowest BCUT2D eigenvalue weighted by atomic mass is 10.1. The Morgan fingerprint density at radius 3 is 3.00 bits per heavy atom. The summed E-state index contributed by atoms with van der Waals surface area (Å²) in [6.07, 6.45) is 0. The third-order valence-electron chi connectivity index (χ3n) is 2.50. The van der Waals surface area contributed by atoms with Crippen molar-refractivity contribution in [3.05, 3.63) is 29.6 Å². The van der Waals surface area contributed by atoms with Crippen molar-refractivity contribution < 1.29 is 9.18 Å². The first-order valence-electron chi connectivity index (χ1n) is 4.80. The molecule has 1 atom stereocenters. The molecule has 3 nitrogen and oxygen atoms in total. The molecule has 0 aliphatic carbocycles. The van der Waals surface area contributed by atoms with E-state index in [-0.39, 0.29) is 11.7 Å². The Morgan fingerprint density at radius 1 is 1.38 bits per heavy atom. The molecule has 16 heavy (non-hydrogen) atoms. The molecule has 5 heteroatoms. The van der Waals surface area contributed by atoms with E-state index in [0.29, 0.717) is 17.1 Å². The lowest BCUT2D eigenvalue weighted by Gasteiger charge is -2.11. The van der Waals surface area contributed by atoms with Crippen LogP contribution in [0.15, 0.2) is 33.1 Å².